The Morgan fingerprint density at radius 2 is 2.22 bits per heavy atom. The van der Waals surface area contributed by atoms with Crippen LogP contribution in [0, 0.1) is 6.92 Å². The van der Waals surface area contributed by atoms with Crippen molar-refractivity contribution in [2.75, 3.05) is 0 Å². The molecule has 0 aliphatic carbocycles. The van der Waals surface area contributed by atoms with Gasteiger partial charge in [-0.2, -0.15) is 0 Å². The normalized spacial score (nSPS) is 16.1. The Labute approximate surface area is 106 Å². The molecule has 18 heavy (non-hydrogen) atoms. The topological polar surface area (TPSA) is 95.6 Å². The molecule has 2 unspecified atom stereocenters. The second-order valence-corrected chi connectivity index (χ2v) is 4.64. The monoisotopic (exact) mass is 256 g/mol. The third-order valence-electron chi connectivity index (χ3n) is 3.38. The van der Waals surface area contributed by atoms with Crippen molar-refractivity contribution in [2.45, 2.75) is 52.4 Å². The fourth-order valence-electron chi connectivity index (χ4n) is 1.46. The Kier molecular flexibility index (Phi) is 4.48. The van der Waals surface area contributed by atoms with Crippen molar-refractivity contribution in [1.82, 2.24) is 10.5 Å². The average molecular weight is 256 g/mol. The van der Waals surface area contributed by atoms with E-state index >= 15 is 0 Å². The van der Waals surface area contributed by atoms with Crippen molar-refractivity contribution in [3.05, 3.63) is 17.0 Å². The summed E-state index contributed by atoms with van der Waals surface area (Å²) in [7, 11) is 0. The zero-order valence-corrected chi connectivity index (χ0v) is 11.1. The lowest BCUT2D eigenvalue weighted by Gasteiger charge is -2.29. The molecule has 3 N–H and O–H groups in total. The van der Waals surface area contributed by atoms with E-state index in [4.69, 9.17) is 9.63 Å². The summed E-state index contributed by atoms with van der Waals surface area (Å²) in [4.78, 5) is 11.9. The van der Waals surface area contributed by atoms with Crippen LogP contribution in [0.4, 0.5) is 0 Å². The van der Waals surface area contributed by atoms with Crippen molar-refractivity contribution in [2.24, 2.45) is 0 Å². The number of hydrogen-bond donors (Lipinski definition) is 3. The lowest BCUT2D eigenvalue weighted by Crippen LogP contribution is -2.48. The zero-order valence-electron chi connectivity index (χ0n) is 11.1. The first-order valence-corrected chi connectivity index (χ1v) is 5.92. The Bertz CT molecular complexity index is 426. The maximum Gasteiger partial charge on any atom is 0.274 e. The van der Waals surface area contributed by atoms with Gasteiger partial charge in [0.1, 0.15) is 6.61 Å². The van der Waals surface area contributed by atoms with E-state index in [-0.39, 0.29) is 18.1 Å². The van der Waals surface area contributed by atoms with Gasteiger partial charge in [0.15, 0.2) is 11.5 Å². The third kappa shape index (κ3) is 2.88. The Hall–Kier alpha value is -1.40. The van der Waals surface area contributed by atoms with Crippen molar-refractivity contribution in [1.29, 1.82) is 0 Å². The summed E-state index contributed by atoms with van der Waals surface area (Å²) in [6.07, 6.45) is 0.522. The molecule has 1 amide bonds. The van der Waals surface area contributed by atoms with Gasteiger partial charge >= 0.3 is 0 Å². The lowest BCUT2D eigenvalue weighted by atomic mass is 9.95. The minimum absolute atomic E-state index is 0.137. The first-order chi connectivity index (χ1) is 8.33. The predicted molar refractivity (Wildman–Crippen MR) is 65.0 cm³/mol. The highest BCUT2D eigenvalue weighted by atomic mass is 16.5. The van der Waals surface area contributed by atoms with Crippen molar-refractivity contribution in [3.63, 3.8) is 0 Å². The maximum absolute atomic E-state index is 11.9. The molecule has 0 aliphatic heterocycles. The number of hydrogen-bond acceptors (Lipinski definition) is 5. The molecule has 1 heterocycles. The van der Waals surface area contributed by atoms with Gasteiger partial charge in [-0.05, 0) is 27.2 Å². The molecule has 0 saturated carbocycles. The fraction of sp³-hybridized carbons (Fsp3) is 0.667. The summed E-state index contributed by atoms with van der Waals surface area (Å²) in [5, 5.41) is 25.3. The van der Waals surface area contributed by atoms with Gasteiger partial charge in [-0.1, -0.05) is 12.1 Å². The predicted octanol–water partition coefficient (Wildman–Crippen LogP) is 0.755. The van der Waals surface area contributed by atoms with Crippen LogP contribution in [0.5, 0.6) is 0 Å². The highest BCUT2D eigenvalue weighted by Gasteiger charge is 2.29. The molecular weight excluding hydrogens is 236 g/mol. The summed E-state index contributed by atoms with van der Waals surface area (Å²) in [6, 6.07) is -0.413. The van der Waals surface area contributed by atoms with E-state index in [1.807, 2.05) is 6.92 Å². The molecule has 1 rings (SSSR count). The molecule has 2 atom stereocenters. The van der Waals surface area contributed by atoms with Crippen LogP contribution in [0.15, 0.2) is 4.52 Å². The molecule has 0 bridgehead atoms. The first-order valence-electron chi connectivity index (χ1n) is 5.92. The third-order valence-corrected chi connectivity index (χ3v) is 3.38. The molecule has 1 aromatic rings. The van der Waals surface area contributed by atoms with E-state index in [0.717, 1.165) is 0 Å². The second-order valence-electron chi connectivity index (χ2n) is 4.64. The zero-order chi connectivity index (χ0) is 13.9. The molecule has 0 saturated heterocycles. The van der Waals surface area contributed by atoms with Gasteiger partial charge < -0.3 is 20.1 Å². The number of aromatic nitrogens is 1. The summed E-state index contributed by atoms with van der Waals surface area (Å²) < 4.78 is 4.84. The molecule has 0 spiro atoms. The fourth-order valence-corrected chi connectivity index (χ4v) is 1.46. The Morgan fingerprint density at radius 1 is 1.61 bits per heavy atom. The molecule has 6 nitrogen and oxygen atoms in total. The number of aliphatic hydroxyl groups excluding tert-OH is 1. The first kappa shape index (κ1) is 14.7. The van der Waals surface area contributed by atoms with E-state index in [1.165, 1.54) is 0 Å². The van der Waals surface area contributed by atoms with Crippen LogP contribution in [-0.4, -0.2) is 32.9 Å². The molecule has 0 radical (unpaired) electrons. The molecular formula is C12H20N2O4. The molecule has 0 fully saturated rings. The summed E-state index contributed by atoms with van der Waals surface area (Å²) in [5.41, 5.74) is -0.330. The number of rotatable bonds is 5. The van der Waals surface area contributed by atoms with Crippen LogP contribution in [-0.2, 0) is 6.61 Å². The molecule has 6 heteroatoms. The Balaban J connectivity index is 2.80. The largest absolute Gasteiger partial charge is 0.388 e. The van der Waals surface area contributed by atoms with E-state index in [1.54, 1.807) is 20.8 Å². The van der Waals surface area contributed by atoms with E-state index in [9.17, 15) is 9.90 Å². The van der Waals surface area contributed by atoms with Crippen LogP contribution < -0.4 is 5.32 Å². The summed E-state index contributed by atoms with van der Waals surface area (Å²) in [5.74, 6) is -0.146. The SMILES string of the molecule is CCC(C)(O)C(C)NC(=O)c1noc(CO)c1C. The molecule has 0 aromatic carbocycles. The average Bonchev–Trinajstić information content (AvgIpc) is 2.70. The summed E-state index contributed by atoms with van der Waals surface area (Å²) in [6.45, 7) is 6.58. The van der Waals surface area contributed by atoms with Crippen LogP contribution in [0.25, 0.3) is 0 Å². The number of aliphatic hydroxyl groups is 2. The van der Waals surface area contributed by atoms with Crippen LogP contribution in [0.2, 0.25) is 0 Å². The van der Waals surface area contributed by atoms with Gasteiger partial charge in [-0.15, -0.1) is 0 Å². The van der Waals surface area contributed by atoms with Gasteiger partial charge in [-0.3, -0.25) is 4.79 Å². The highest BCUT2D eigenvalue weighted by Crippen LogP contribution is 2.16. The number of nitrogens with one attached hydrogen (secondary N) is 1. The molecule has 1 aromatic heterocycles. The van der Waals surface area contributed by atoms with Gasteiger partial charge in [0, 0.05) is 5.56 Å². The van der Waals surface area contributed by atoms with Crippen molar-refractivity contribution < 1.29 is 19.5 Å². The van der Waals surface area contributed by atoms with Gasteiger partial charge in [0.2, 0.25) is 0 Å². The van der Waals surface area contributed by atoms with Crippen molar-refractivity contribution >= 4 is 5.91 Å². The van der Waals surface area contributed by atoms with E-state index in [0.29, 0.717) is 12.0 Å². The quantitative estimate of drug-likeness (QED) is 0.722. The maximum atomic E-state index is 11.9. The molecule has 102 valence electrons. The minimum atomic E-state index is -0.979. The van der Waals surface area contributed by atoms with Crippen molar-refractivity contribution in [3.8, 4) is 0 Å². The van der Waals surface area contributed by atoms with Crippen LogP contribution >= 0.6 is 0 Å². The molecule has 0 aliphatic rings. The highest BCUT2D eigenvalue weighted by molar-refractivity contribution is 5.93. The van der Waals surface area contributed by atoms with Gasteiger partial charge in [0.25, 0.3) is 5.91 Å². The van der Waals surface area contributed by atoms with E-state index in [2.05, 4.69) is 10.5 Å². The minimum Gasteiger partial charge on any atom is -0.388 e. The number of nitrogens with zero attached hydrogens (tertiary/aromatic N) is 1. The second kappa shape index (κ2) is 5.49. The summed E-state index contributed by atoms with van der Waals surface area (Å²) >= 11 is 0. The van der Waals surface area contributed by atoms with E-state index < -0.39 is 17.6 Å². The van der Waals surface area contributed by atoms with Crippen LogP contribution in [0.1, 0.15) is 49.0 Å². The Morgan fingerprint density at radius 3 is 2.67 bits per heavy atom. The van der Waals surface area contributed by atoms with Gasteiger partial charge in [-0.25, -0.2) is 0 Å². The number of carbonyl (C=O) groups is 1. The standard InChI is InChI=1S/C12H20N2O4/c1-5-12(4,17)8(3)13-11(16)10-7(2)9(6-15)18-14-10/h8,15,17H,5-6H2,1-4H3,(H,13,16). The van der Waals surface area contributed by atoms with Crippen LogP contribution in [0.3, 0.4) is 0 Å². The van der Waals surface area contributed by atoms with Gasteiger partial charge in [0.05, 0.1) is 11.6 Å². The number of carbonyl (C=O) groups excluding carboxylic acids is 1. The smallest absolute Gasteiger partial charge is 0.274 e. The lowest BCUT2D eigenvalue weighted by molar-refractivity contribution is 0.0210. The number of amides is 1.